The van der Waals surface area contributed by atoms with Gasteiger partial charge in [0.1, 0.15) is 0 Å². The predicted molar refractivity (Wildman–Crippen MR) is 493 cm³/mol. The summed E-state index contributed by atoms with van der Waals surface area (Å²) in [7, 11) is 0. The Kier molecular flexibility index (Phi) is 20.9. The van der Waals surface area contributed by atoms with Gasteiger partial charge >= 0.3 is 0 Å². The number of nitrogens with zero attached hydrogens (tertiary/aromatic N) is 2. The fraction of sp³-hybridized carbons (Fsp3) is 0.150. The van der Waals surface area contributed by atoms with Crippen LogP contribution >= 0.6 is 0 Å². The Morgan fingerprint density at radius 1 is 0.165 bits per heavy atom. The van der Waals surface area contributed by atoms with Crippen LogP contribution < -0.4 is 9.80 Å². The molecule has 0 heterocycles. The van der Waals surface area contributed by atoms with E-state index >= 15 is 0 Å². The smallest absolute Gasteiger partial charge is 0.0701 e. The molecule has 0 aliphatic heterocycles. The van der Waals surface area contributed by atoms with E-state index < -0.39 is 5.41 Å². The third kappa shape index (κ3) is 14.8. The molecule has 16 aromatic carbocycles. The minimum atomic E-state index is -0.817. The predicted octanol–water partition coefficient (Wildman–Crippen LogP) is 31.3. The summed E-state index contributed by atoms with van der Waals surface area (Å²) in [4.78, 5) is 5.07. The zero-order chi connectivity index (χ0) is 80.1. The van der Waals surface area contributed by atoms with Crippen LogP contribution in [0.3, 0.4) is 0 Å². The standard InChI is InChI=1S/C113H102N2/c1-71-39-51-105(101(63-71)87-27-23-31-91(67-87)109-79(9)55-75(5)56-80(109)10)114(106-52-40-72(2)64-102(106)88-28-24-32-92(68-88)110-81(11)57-76(6)58-82(110)12)99-47-43-97(44-48-99)113(95-35-19-17-20-36-95,96-37-21-18-22-38-96)98-45-49-100(50-46-98)115(107-53-41-73(3)65-103(107)89-29-25-33-93(69-89)111-83(13)59-77(7)60-84(111)14)108-54-42-74(4)66-104(108)90-30-26-34-94(70-90)112-85(15)61-78(8)62-86(112)16/h17-70H,1-16H3. The van der Waals surface area contributed by atoms with E-state index in [1.54, 1.807) is 0 Å². The van der Waals surface area contributed by atoms with Crippen molar-refractivity contribution >= 4 is 34.1 Å². The van der Waals surface area contributed by atoms with Crippen LogP contribution in [0, 0.1) is 111 Å². The number of benzene rings is 16. The van der Waals surface area contributed by atoms with Gasteiger partial charge in [-0.15, -0.1) is 0 Å². The fourth-order valence-corrected chi connectivity index (χ4v) is 19.1. The van der Waals surface area contributed by atoms with Crippen LogP contribution in [0.4, 0.5) is 34.1 Å². The van der Waals surface area contributed by atoms with Crippen molar-refractivity contribution in [3.05, 3.63) is 439 Å². The summed E-state index contributed by atoms with van der Waals surface area (Å²) in [5.41, 5.74) is 49.4. The summed E-state index contributed by atoms with van der Waals surface area (Å²) < 4.78 is 0. The molecule has 115 heavy (non-hydrogen) atoms. The Morgan fingerprint density at radius 3 is 0.600 bits per heavy atom. The lowest BCUT2D eigenvalue weighted by atomic mass is 9.65. The quantitative estimate of drug-likeness (QED) is 0.0790. The van der Waals surface area contributed by atoms with Crippen LogP contribution in [0.5, 0.6) is 0 Å². The van der Waals surface area contributed by atoms with Gasteiger partial charge in [0.15, 0.2) is 0 Å². The van der Waals surface area contributed by atoms with E-state index in [2.05, 4.69) is 448 Å². The fourth-order valence-electron chi connectivity index (χ4n) is 19.1. The van der Waals surface area contributed by atoms with Crippen molar-refractivity contribution in [2.75, 3.05) is 9.80 Å². The van der Waals surface area contributed by atoms with E-state index in [4.69, 9.17) is 0 Å². The van der Waals surface area contributed by atoms with E-state index in [1.807, 2.05) is 0 Å². The van der Waals surface area contributed by atoms with Crippen molar-refractivity contribution in [2.45, 2.75) is 116 Å². The number of anilines is 6. The summed E-state index contributed by atoms with van der Waals surface area (Å²) in [5, 5.41) is 0. The zero-order valence-electron chi connectivity index (χ0n) is 69.6. The third-order valence-electron chi connectivity index (χ3n) is 23.7. The van der Waals surface area contributed by atoms with Gasteiger partial charge in [0, 0.05) is 33.6 Å². The van der Waals surface area contributed by atoms with Crippen molar-refractivity contribution < 1.29 is 0 Å². The van der Waals surface area contributed by atoms with Gasteiger partial charge in [-0.2, -0.15) is 0 Å². The average Bonchev–Trinajstić information content (AvgIpc) is 0.733. The van der Waals surface area contributed by atoms with Crippen molar-refractivity contribution in [1.82, 2.24) is 0 Å². The van der Waals surface area contributed by atoms with Crippen LogP contribution in [0.1, 0.15) is 111 Å². The molecule has 0 fully saturated rings. The van der Waals surface area contributed by atoms with Crippen molar-refractivity contribution in [2.24, 2.45) is 0 Å². The molecule has 0 bridgehead atoms. The maximum atomic E-state index is 2.54. The van der Waals surface area contributed by atoms with Gasteiger partial charge in [0.05, 0.1) is 28.2 Å². The first-order valence-corrected chi connectivity index (χ1v) is 40.7. The Balaban J connectivity index is 0.903. The average molecular weight is 1490 g/mol. The van der Waals surface area contributed by atoms with Crippen molar-refractivity contribution in [3.63, 3.8) is 0 Å². The molecule has 2 nitrogen and oxygen atoms in total. The molecular formula is C113H102N2. The SMILES string of the molecule is Cc1cc(C)c(-c2cccc(-c3cc(C)ccc3N(c3ccc(C(c4ccccc4)(c4ccccc4)c4ccc(N(c5ccc(C)cc5-c5cccc(-c6c(C)cc(C)cc6C)c5)c5ccc(C)cc5-c5cccc(-c6c(C)cc(C)cc6C)c5)cc4)cc3)c3ccc(C)cc3-c3cccc(-c4c(C)cc(C)cc4C)c3)c2)c(C)c1. The second-order valence-electron chi connectivity index (χ2n) is 32.7. The van der Waals surface area contributed by atoms with Crippen LogP contribution in [0.2, 0.25) is 0 Å². The maximum absolute atomic E-state index is 2.54. The molecule has 16 rings (SSSR count). The van der Waals surface area contributed by atoms with E-state index in [1.165, 1.54) is 134 Å². The van der Waals surface area contributed by atoms with E-state index in [0.717, 1.165) is 101 Å². The lowest BCUT2D eigenvalue weighted by molar-refractivity contribution is 0.745. The molecule has 0 N–H and O–H groups in total. The van der Waals surface area contributed by atoms with Crippen LogP contribution in [-0.4, -0.2) is 0 Å². The lowest BCUT2D eigenvalue weighted by Gasteiger charge is -2.38. The molecule has 0 saturated carbocycles. The molecule has 0 aliphatic rings. The molecule has 0 aliphatic carbocycles. The molecule has 0 saturated heterocycles. The lowest BCUT2D eigenvalue weighted by Crippen LogP contribution is -2.31. The second-order valence-corrected chi connectivity index (χ2v) is 32.7. The minimum absolute atomic E-state index is 0.817. The van der Waals surface area contributed by atoms with E-state index in [-0.39, 0.29) is 0 Å². The maximum Gasteiger partial charge on any atom is 0.0701 e. The highest BCUT2D eigenvalue weighted by Gasteiger charge is 2.39. The van der Waals surface area contributed by atoms with Crippen LogP contribution in [-0.2, 0) is 5.41 Å². The molecule has 2 heteroatoms. The highest BCUT2D eigenvalue weighted by Crippen LogP contribution is 2.53. The van der Waals surface area contributed by atoms with Gasteiger partial charge < -0.3 is 9.80 Å². The number of rotatable bonds is 18. The Labute approximate surface area is 683 Å². The van der Waals surface area contributed by atoms with Gasteiger partial charge in [-0.3, -0.25) is 0 Å². The summed E-state index contributed by atoms with van der Waals surface area (Å²) >= 11 is 0. The van der Waals surface area contributed by atoms with E-state index in [0.29, 0.717) is 0 Å². The number of hydrogen-bond acceptors (Lipinski definition) is 2. The molecule has 0 atom stereocenters. The van der Waals surface area contributed by atoms with Gasteiger partial charge in [-0.25, -0.2) is 0 Å². The minimum Gasteiger partial charge on any atom is -0.309 e. The monoisotopic (exact) mass is 1490 g/mol. The highest BCUT2D eigenvalue weighted by molar-refractivity contribution is 5.98. The molecule has 0 radical (unpaired) electrons. The first kappa shape index (κ1) is 76.1. The summed E-state index contributed by atoms with van der Waals surface area (Å²) in [5.74, 6) is 0. The van der Waals surface area contributed by atoms with Crippen LogP contribution in [0.15, 0.2) is 328 Å². The first-order chi connectivity index (χ1) is 55.6. The number of hydrogen-bond donors (Lipinski definition) is 0. The van der Waals surface area contributed by atoms with E-state index in [9.17, 15) is 0 Å². The molecule has 0 amide bonds. The van der Waals surface area contributed by atoms with Gasteiger partial charge in [0.2, 0.25) is 0 Å². The second kappa shape index (κ2) is 31.6. The van der Waals surface area contributed by atoms with Gasteiger partial charge in [0.25, 0.3) is 0 Å². The summed E-state index contributed by atoms with van der Waals surface area (Å²) in [6.07, 6.45) is 0. The third-order valence-corrected chi connectivity index (χ3v) is 23.7. The Morgan fingerprint density at radius 2 is 0.374 bits per heavy atom. The van der Waals surface area contributed by atoms with Crippen molar-refractivity contribution in [1.29, 1.82) is 0 Å². The van der Waals surface area contributed by atoms with Gasteiger partial charge in [-0.1, -0.05) is 275 Å². The first-order valence-electron chi connectivity index (χ1n) is 40.7. The van der Waals surface area contributed by atoms with Gasteiger partial charge in [-0.05, 0) is 341 Å². The Hall–Kier alpha value is -12.9. The van der Waals surface area contributed by atoms with Crippen molar-refractivity contribution in [3.8, 4) is 89.0 Å². The number of aryl methyl sites for hydroxylation is 16. The molecule has 0 unspecified atom stereocenters. The zero-order valence-corrected chi connectivity index (χ0v) is 69.6. The highest BCUT2D eigenvalue weighted by atomic mass is 15.2. The summed E-state index contributed by atoms with van der Waals surface area (Å²) in [6.45, 7) is 35.7. The normalized spacial score (nSPS) is 11.5. The molecule has 16 aromatic rings. The largest absolute Gasteiger partial charge is 0.309 e. The Bertz CT molecular complexity index is 5600. The molecule has 0 spiro atoms. The molecule has 0 aromatic heterocycles. The topological polar surface area (TPSA) is 6.48 Å². The summed E-state index contributed by atoms with van der Waals surface area (Å²) in [6, 6.07) is 125. The molecular weight excluding hydrogens is 1390 g/mol. The van der Waals surface area contributed by atoms with Crippen LogP contribution in [0.25, 0.3) is 89.0 Å². The molecule has 564 valence electrons.